The molecule has 0 aromatic carbocycles. The first-order valence-corrected chi connectivity index (χ1v) is 5.52. The number of ether oxygens (including phenoxy) is 2. The lowest BCUT2D eigenvalue weighted by atomic mass is 10.3. The maximum Gasteiger partial charge on any atom is 0.222 e. The van der Waals surface area contributed by atoms with Crippen LogP contribution in [0.5, 0.6) is 0 Å². The van der Waals surface area contributed by atoms with Crippen molar-refractivity contribution in [1.82, 2.24) is 0 Å². The fraction of sp³-hybridized carbons (Fsp3) is 0.692. The van der Waals surface area contributed by atoms with Crippen LogP contribution in [0, 0.1) is 23.7 Å². The minimum absolute atomic E-state index is 0.376. The Morgan fingerprint density at radius 3 is 2.00 bits per heavy atom. The van der Waals surface area contributed by atoms with Crippen LogP contribution >= 0.6 is 0 Å². The van der Waals surface area contributed by atoms with Crippen molar-refractivity contribution >= 4 is 0 Å². The molecule has 0 aliphatic rings. The second-order valence-electron chi connectivity index (χ2n) is 2.77. The fourth-order valence-electron chi connectivity index (χ4n) is 0.928. The Hall–Kier alpha value is -0.960. The van der Waals surface area contributed by atoms with Gasteiger partial charge in [-0.2, -0.15) is 0 Å². The molecule has 0 heterocycles. The van der Waals surface area contributed by atoms with E-state index >= 15 is 0 Å². The highest BCUT2D eigenvalue weighted by Gasteiger charge is 2.00. The minimum Gasteiger partial charge on any atom is -0.342 e. The third-order valence-electron chi connectivity index (χ3n) is 1.53. The quantitative estimate of drug-likeness (QED) is 0.393. The van der Waals surface area contributed by atoms with Gasteiger partial charge in [-0.3, -0.25) is 0 Å². The monoisotopic (exact) mass is 208 g/mol. The van der Waals surface area contributed by atoms with Gasteiger partial charge in [0.2, 0.25) is 6.29 Å². The van der Waals surface area contributed by atoms with Crippen LogP contribution in [0.4, 0.5) is 0 Å². The molecule has 0 unspecified atom stereocenters. The summed E-state index contributed by atoms with van der Waals surface area (Å²) < 4.78 is 10.6. The van der Waals surface area contributed by atoms with E-state index < -0.39 is 0 Å². The number of unbranched alkanes of at least 4 members (excludes halogenated alkanes) is 1. The van der Waals surface area contributed by atoms with E-state index in [2.05, 4.69) is 23.7 Å². The zero-order chi connectivity index (χ0) is 11.4. The molecule has 2 heteroatoms. The SMILES string of the molecule is CCC#CCCC#CC(OCC)OCC. The largest absolute Gasteiger partial charge is 0.342 e. The van der Waals surface area contributed by atoms with Crippen molar-refractivity contribution in [3.63, 3.8) is 0 Å². The summed E-state index contributed by atoms with van der Waals surface area (Å²) in [6.07, 6.45) is 2.14. The first-order chi connectivity index (χ1) is 7.35. The van der Waals surface area contributed by atoms with E-state index in [0.717, 1.165) is 19.3 Å². The average molecular weight is 208 g/mol. The molecule has 2 nitrogen and oxygen atoms in total. The molecular formula is C13H20O2. The molecule has 0 rings (SSSR count). The Morgan fingerprint density at radius 2 is 1.47 bits per heavy atom. The van der Waals surface area contributed by atoms with E-state index in [1.54, 1.807) is 0 Å². The number of rotatable bonds is 5. The Morgan fingerprint density at radius 1 is 0.867 bits per heavy atom. The lowest BCUT2D eigenvalue weighted by Crippen LogP contribution is -2.14. The smallest absolute Gasteiger partial charge is 0.222 e. The molecule has 84 valence electrons. The lowest BCUT2D eigenvalue weighted by molar-refractivity contribution is -0.0970. The molecular weight excluding hydrogens is 188 g/mol. The summed E-state index contributed by atoms with van der Waals surface area (Å²) in [5.41, 5.74) is 0. The molecule has 0 N–H and O–H groups in total. The van der Waals surface area contributed by atoms with E-state index in [1.165, 1.54) is 0 Å². The Balaban J connectivity index is 3.77. The number of hydrogen-bond donors (Lipinski definition) is 0. The van der Waals surface area contributed by atoms with Gasteiger partial charge in [0.05, 0.1) is 0 Å². The third kappa shape index (κ3) is 9.35. The van der Waals surface area contributed by atoms with Crippen molar-refractivity contribution in [2.75, 3.05) is 13.2 Å². The lowest BCUT2D eigenvalue weighted by Gasteiger charge is -2.09. The van der Waals surface area contributed by atoms with Gasteiger partial charge in [0.15, 0.2) is 0 Å². The molecule has 0 spiro atoms. The maximum atomic E-state index is 5.28. The van der Waals surface area contributed by atoms with Gasteiger partial charge in [0.25, 0.3) is 0 Å². The molecule has 0 bridgehead atoms. The van der Waals surface area contributed by atoms with Crippen LogP contribution in [0.15, 0.2) is 0 Å². The maximum absolute atomic E-state index is 5.28. The summed E-state index contributed by atoms with van der Waals surface area (Å²) in [5.74, 6) is 12.0. The molecule has 0 saturated heterocycles. The van der Waals surface area contributed by atoms with Crippen molar-refractivity contribution in [2.45, 2.75) is 46.3 Å². The van der Waals surface area contributed by atoms with Crippen LogP contribution in [0.1, 0.15) is 40.0 Å². The molecule has 0 amide bonds. The molecule has 0 aromatic rings. The standard InChI is InChI=1S/C13H20O2/c1-4-7-8-9-10-11-12-13(14-5-2)15-6-3/h13H,4-6,9-10H2,1-3H3. The van der Waals surface area contributed by atoms with Crippen LogP contribution in [0.25, 0.3) is 0 Å². The molecule has 0 aliphatic heterocycles. The van der Waals surface area contributed by atoms with Crippen LogP contribution in [0.2, 0.25) is 0 Å². The van der Waals surface area contributed by atoms with Gasteiger partial charge in [-0.05, 0) is 19.8 Å². The summed E-state index contributed by atoms with van der Waals surface area (Å²) >= 11 is 0. The second kappa shape index (κ2) is 11.1. The van der Waals surface area contributed by atoms with Gasteiger partial charge in [-0.25, -0.2) is 0 Å². The molecule has 0 saturated carbocycles. The highest BCUT2D eigenvalue weighted by atomic mass is 16.7. The first kappa shape index (κ1) is 14.0. The first-order valence-electron chi connectivity index (χ1n) is 5.52. The Kier molecular flexibility index (Phi) is 10.4. The van der Waals surface area contributed by atoms with Crippen molar-refractivity contribution in [3.8, 4) is 23.7 Å². The van der Waals surface area contributed by atoms with Gasteiger partial charge in [0, 0.05) is 32.5 Å². The molecule has 0 atom stereocenters. The predicted octanol–water partition coefficient (Wildman–Crippen LogP) is 2.58. The Bertz CT molecular complexity index is 243. The zero-order valence-corrected chi connectivity index (χ0v) is 9.93. The van der Waals surface area contributed by atoms with E-state index in [9.17, 15) is 0 Å². The van der Waals surface area contributed by atoms with Crippen molar-refractivity contribution in [1.29, 1.82) is 0 Å². The van der Waals surface area contributed by atoms with Gasteiger partial charge >= 0.3 is 0 Å². The Labute approximate surface area is 93.3 Å². The highest BCUT2D eigenvalue weighted by molar-refractivity contribution is 5.06. The van der Waals surface area contributed by atoms with Gasteiger partial charge in [-0.15, -0.1) is 11.8 Å². The number of hydrogen-bond acceptors (Lipinski definition) is 2. The van der Waals surface area contributed by atoms with Crippen molar-refractivity contribution in [3.05, 3.63) is 0 Å². The zero-order valence-electron chi connectivity index (χ0n) is 9.93. The molecule has 15 heavy (non-hydrogen) atoms. The van der Waals surface area contributed by atoms with Gasteiger partial charge in [0.1, 0.15) is 0 Å². The van der Waals surface area contributed by atoms with E-state index in [0.29, 0.717) is 13.2 Å². The topological polar surface area (TPSA) is 18.5 Å². The van der Waals surface area contributed by atoms with Crippen LogP contribution < -0.4 is 0 Å². The minimum atomic E-state index is -0.376. The second-order valence-corrected chi connectivity index (χ2v) is 2.77. The summed E-state index contributed by atoms with van der Waals surface area (Å²) in [4.78, 5) is 0. The average Bonchev–Trinajstić information content (AvgIpc) is 2.24. The molecule has 0 aliphatic carbocycles. The van der Waals surface area contributed by atoms with Crippen molar-refractivity contribution < 1.29 is 9.47 Å². The molecule has 0 aromatic heterocycles. The molecule has 0 fully saturated rings. The van der Waals surface area contributed by atoms with Crippen LogP contribution in [-0.4, -0.2) is 19.5 Å². The third-order valence-corrected chi connectivity index (χ3v) is 1.53. The predicted molar refractivity (Wildman–Crippen MR) is 62.1 cm³/mol. The summed E-state index contributed by atoms with van der Waals surface area (Å²) in [6, 6.07) is 0. The van der Waals surface area contributed by atoms with Crippen LogP contribution in [0.3, 0.4) is 0 Å². The van der Waals surface area contributed by atoms with Crippen LogP contribution in [-0.2, 0) is 9.47 Å². The van der Waals surface area contributed by atoms with E-state index in [4.69, 9.17) is 9.47 Å². The summed E-state index contributed by atoms with van der Waals surface area (Å²) in [7, 11) is 0. The summed E-state index contributed by atoms with van der Waals surface area (Å²) in [5, 5.41) is 0. The van der Waals surface area contributed by atoms with Gasteiger partial charge < -0.3 is 9.47 Å². The van der Waals surface area contributed by atoms with E-state index in [-0.39, 0.29) is 6.29 Å². The fourth-order valence-corrected chi connectivity index (χ4v) is 0.928. The normalized spacial score (nSPS) is 9.07. The van der Waals surface area contributed by atoms with Crippen molar-refractivity contribution in [2.24, 2.45) is 0 Å². The van der Waals surface area contributed by atoms with E-state index in [1.807, 2.05) is 20.8 Å². The highest BCUT2D eigenvalue weighted by Crippen LogP contribution is 1.93. The molecule has 0 radical (unpaired) electrons. The van der Waals surface area contributed by atoms with Gasteiger partial charge in [-0.1, -0.05) is 12.8 Å². The summed E-state index contributed by atoms with van der Waals surface area (Å²) in [6.45, 7) is 7.14.